The molecule has 1 atom stereocenters. The molecule has 16 heavy (non-hydrogen) atoms. The number of carboxylic acid groups (broad SMARTS) is 1. The molecule has 0 aromatic carbocycles. The molecule has 2 N–H and O–H groups in total. The van der Waals surface area contributed by atoms with E-state index in [-0.39, 0.29) is 0 Å². The third-order valence-electron chi connectivity index (χ3n) is 1.93. The number of carboxylic acids is 1. The topological polar surface area (TPSA) is 75.1 Å². The van der Waals surface area contributed by atoms with Crippen molar-refractivity contribution in [2.24, 2.45) is 5.92 Å². The molecule has 0 saturated heterocycles. The molecule has 0 aliphatic heterocycles. The van der Waals surface area contributed by atoms with Gasteiger partial charge in [0.25, 0.3) is 0 Å². The van der Waals surface area contributed by atoms with Gasteiger partial charge in [-0.3, -0.25) is 0 Å². The van der Waals surface area contributed by atoms with Crippen LogP contribution in [-0.2, 0) is 4.79 Å². The monoisotopic (exact) mass is 287 g/mol. The number of halogens is 1. The minimum atomic E-state index is -0.889. The van der Waals surface area contributed by atoms with Crippen LogP contribution in [0.2, 0.25) is 0 Å². The third-order valence-corrected chi connectivity index (χ3v) is 2.34. The molecule has 6 heteroatoms. The van der Waals surface area contributed by atoms with E-state index < -0.39 is 12.0 Å². The Kier molecular flexibility index (Phi) is 4.67. The Morgan fingerprint density at radius 1 is 1.50 bits per heavy atom. The zero-order valence-corrected chi connectivity index (χ0v) is 10.7. The van der Waals surface area contributed by atoms with Crippen molar-refractivity contribution >= 4 is 27.8 Å². The van der Waals surface area contributed by atoms with E-state index in [0.29, 0.717) is 18.3 Å². The van der Waals surface area contributed by atoms with Crippen LogP contribution < -0.4 is 5.32 Å². The normalized spacial score (nSPS) is 12.5. The fraction of sp³-hybridized carbons (Fsp3) is 0.500. The maximum Gasteiger partial charge on any atom is 0.326 e. The third kappa shape index (κ3) is 4.14. The van der Waals surface area contributed by atoms with Crippen LogP contribution in [0.5, 0.6) is 0 Å². The van der Waals surface area contributed by atoms with Crippen LogP contribution in [-0.4, -0.2) is 27.1 Å². The predicted octanol–water partition coefficient (Wildman–Crippen LogP) is 2.15. The largest absolute Gasteiger partial charge is 0.480 e. The van der Waals surface area contributed by atoms with Crippen molar-refractivity contribution in [1.82, 2.24) is 9.97 Å². The van der Waals surface area contributed by atoms with Gasteiger partial charge >= 0.3 is 5.97 Å². The van der Waals surface area contributed by atoms with Crippen LogP contribution in [0.25, 0.3) is 0 Å². The minimum Gasteiger partial charge on any atom is -0.480 e. The zero-order valence-electron chi connectivity index (χ0n) is 9.14. The van der Waals surface area contributed by atoms with Gasteiger partial charge in [-0.1, -0.05) is 13.8 Å². The van der Waals surface area contributed by atoms with Crippen molar-refractivity contribution in [3.63, 3.8) is 0 Å². The number of rotatable bonds is 5. The molecule has 1 heterocycles. The van der Waals surface area contributed by atoms with E-state index in [1.165, 1.54) is 0 Å². The molecule has 88 valence electrons. The molecular formula is C10H14BrN3O2. The Bertz CT molecular complexity index is 354. The molecule has 1 rings (SSSR count). The summed E-state index contributed by atoms with van der Waals surface area (Å²) < 4.78 is 0.758. The number of hydrogen-bond donors (Lipinski definition) is 2. The Balaban J connectivity index is 2.68. The first-order valence-electron chi connectivity index (χ1n) is 4.96. The summed E-state index contributed by atoms with van der Waals surface area (Å²) in [6, 6.07) is -0.652. The Morgan fingerprint density at radius 3 is 2.50 bits per heavy atom. The average Bonchev–Trinajstić information content (AvgIpc) is 2.19. The molecule has 1 aromatic heterocycles. The van der Waals surface area contributed by atoms with Gasteiger partial charge in [0.1, 0.15) is 6.04 Å². The highest BCUT2D eigenvalue weighted by molar-refractivity contribution is 9.10. The van der Waals surface area contributed by atoms with Gasteiger partial charge in [-0.2, -0.15) is 0 Å². The highest BCUT2D eigenvalue weighted by atomic mass is 79.9. The molecule has 0 spiro atoms. The first-order valence-corrected chi connectivity index (χ1v) is 5.75. The molecule has 1 aromatic rings. The average molecular weight is 288 g/mol. The number of anilines is 1. The fourth-order valence-corrected chi connectivity index (χ4v) is 1.44. The van der Waals surface area contributed by atoms with Crippen LogP contribution >= 0.6 is 15.9 Å². The van der Waals surface area contributed by atoms with Crippen molar-refractivity contribution in [3.05, 3.63) is 16.9 Å². The number of nitrogens with one attached hydrogen (secondary N) is 1. The van der Waals surface area contributed by atoms with Crippen molar-refractivity contribution in [2.45, 2.75) is 26.3 Å². The van der Waals surface area contributed by atoms with E-state index in [2.05, 4.69) is 31.2 Å². The van der Waals surface area contributed by atoms with Gasteiger partial charge in [-0.25, -0.2) is 14.8 Å². The number of carbonyl (C=O) groups is 1. The number of aliphatic carboxylic acids is 1. The predicted molar refractivity (Wildman–Crippen MR) is 64.2 cm³/mol. The molecule has 5 nitrogen and oxygen atoms in total. The summed E-state index contributed by atoms with van der Waals surface area (Å²) in [5.74, 6) is -0.263. The van der Waals surface area contributed by atoms with E-state index in [4.69, 9.17) is 5.11 Å². The highest BCUT2D eigenvalue weighted by Crippen LogP contribution is 2.11. The van der Waals surface area contributed by atoms with Crippen molar-refractivity contribution in [2.75, 3.05) is 5.32 Å². The van der Waals surface area contributed by atoms with Crippen LogP contribution in [0.4, 0.5) is 5.95 Å². The van der Waals surface area contributed by atoms with Gasteiger partial charge in [-0.05, 0) is 28.3 Å². The summed E-state index contributed by atoms with van der Waals surface area (Å²) in [5.41, 5.74) is 0. The molecule has 1 unspecified atom stereocenters. The number of hydrogen-bond acceptors (Lipinski definition) is 4. The Morgan fingerprint density at radius 2 is 2.06 bits per heavy atom. The summed E-state index contributed by atoms with van der Waals surface area (Å²) in [5, 5.41) is 11.8. The second-order valence-corrected chi connectivity index (χ2v) is 4.81. The Labute approximate surface area is 102 Å². The molecule has 0 amide bonds. The van der Waals surface area contributed by atoms with E-state index in [1.807, 2.05) is 13.8 Å². The quantitative estimate of drug-likeness (QED) is 0.868. The Hall–Kier alpha value is -1.17. The molecule has 0 aliphatic rings. The maximum atomic E-state index is 11.0. The van der Waals surface area contributed by atoms with Gasteiger partial charge in [0.05, 0.1) is 4.47 Å². The lowest BCUT2D eigenvalue weighted by Gasteiger charge is -2.15. The second-order valence-electron chi connectivity index (χ2n) is 3.89. The van der Waals surface area contributed by atoms with Crippen LogP contribution in [0.1, 0.15) is 20.3 Å². The molecule has 0 radical (unpaired) electrons. The van der Waals surface area contributed by atoms with E-state index in [9.17, 15) is 4.79 Å². The van der Waals surface area contributed by atoms with E-state index in [1.54, 1.807) is 12.4 Å². The maximum absolute atomic E-state index is 11.0. The smallest absolute Gasteiger partial charge is 0.326 e. The van der Waals surface area contributed by atoms with E-state index in [0.717, 1.165) is 4.47 Å². The van der Waals surface area contributed by atoms with Gasteiger partial charge < -0.3 is 10.4 Å². The van der Waals surface area contributed by atoms with Gasteiger partial charge in [0.15, 0.2) is 0 Å². The summed E-state index contributed by atoms with van der Waals surface area (Å²) in [6.07, 6.45) is 3.68. The standard InChI is InChI=1S/C10H14BrN3O2/c1-6(2)3-8(9(15)16)14-10-12-4-7(11)5-13-10/h4-6,8H,3H2,1-2H3,(H,15,16)(H,12,13,14). The van der Waals surface area contributed by atoms with Gasteiger partial charge in [0.2, 0.25) is 5.95 Å². The summed E-state index contributed by atoms with van der Waals surface area (Å²) in [4.78, 5) is 18.9. The zero-order chi connectivity index (χ0) is 12.1. The van der Waals surface area contributed by atoms with E-state index >= 15 is 0 Å². The molecule has 0 aliphatic carbocycles. The first kappa shape index (κ1) is 12.9. The summed E-state index contributed by atoms with van der Waals surface area (Å²) in [7, 11) is 0. The van der Waals surface area contributed by atoms with Crippen LogP contribution in [0, 0.1) is 5.92 Å². The molecule has 0 bridgehead atoms. The highest BCUT2D eigenvalue weighted by Gasteiger charge is 2.19. The lowest BCUT2D eigenvalue weighted by Crippen LogP contribution is -2.31. The lowest BCUT2D eigenvalue weighted by atomic mass is 10.0. The minimum absolute atomic E-state index is 0.295. The molecule has 0 saturated carbocycles. The SMILES string of the molecule is CC(C)CC(Nc1ncc(Br)cn1)C(=O)O. The van der Waals surface area contributed by atoms with Crippen LogP contribution in [0.3, 0.4) is 0 Å². The first-order chi connectivity index (χ1) is 7.49. The summed E-state index contributed by atoms with van der Waals surface area (Å²) in [6.45, 7) is 3.94. The molecule has 0 fully saturated rings. The number of aromatic nitrogens is 2. The van der Waals surface area contributed by atoms with Crippen molar-refractivity contribution in [1.29, 1.82) is 0 Å². The van der Waals surface area contributed by atoms with Crippen molar-refractivity contribution in [3.8, 4) is 0 Å². The van der Waals surface area contributed by atoms with Gasteiger partial charge in [0, 0.05) is 12.4 Å². The summed E-state index contributed by atoms with van der Waals surface area (Å²) >= 11 is 3.21. The van der Waals surface area contributed by atoms with Crippen LogP contribution in [0.15, 0.2) is 16.9 Å². The van der Waals surface area contributed by atoms with Gasteiger partial charge in [-0.15, -0.1) is 0 Å². The van der Waals surface area contributed by atoms with Crippen molar-refractivity contribution < 1.29 is 9.90 Å². The second kappa shape index (κ2) is 5.79. The fourth-order valence-electron chi connectivity index (χ4n) is 1.24. The lowest BCUT2D eigenvalue weighted by molar-refractivity contribution is -0.138. The number of nitrogens with zero attached hydrogens (tertiary/aromatic N) is 2. The molecular weight excluding hydrogens is 274 g/mol.